The summed E-state index contributed by atoms with van der Waals surface area (Å²) >= 11 is 0. The standard InChI is InChI=1S/C14H28N2O/c1-10-7-16(8-11(10)2)14(9-15)5-12(3)17-13(4)6-14/h10-13H,5-9,15H2,1-4H3. The van der Waals surface area contributed by atoms with Crippen LogP contribution >= 0.6 is 0 Å². The molecule has 0 spiro atoms. The van der Waals surface area contributed by atoms with E-state index in [-0.39, 0.29) is 5.54 Å². The van der Waals surface area contributed by atoms with Gasteiger partial charge in [-0.15, -0.1) is 0 Å². The average Bonchev–Trinajstić information content (AvgIpc) is 2.58. The molecule has 0 aromatic heterocycles. The summed E-state index contributed by atoms with van der Waals surface area (Å²) in [6.45, 7) is 12.3. The van der Waals surface area contributed by atoms with Crippen LogP contribution in [0.5, 0.6) is 0 Å². The van der Waals surface area contributed by atoms with E-state index < -0.39 is 0 Å². The summed E-state index contributed by atoms with van der Waals surface area (Å²) < 4.78 is 5.87. The highest BCUT2D eigenvalue weighted by atomic mass is 16.5. The maximum Gasteiger partial charge on any atom is 0.0568 e. The summed E-state index contributed by atoms with van der Waals surface area (Å²) in [4.78, 5) is 2.65. The third-order valence-corrected chi connectivity index (χ3v) is 4.84. The fourth-order valence-corrected chi connectivity index (χ4v) is 3.72. The van der Waals surface area contributed by atoms with E-state index in [1.54, 1.807) is 0 Å². The van der Waals surface area contributed by atoms with Crippen LogP contribution in [0.3, 0.4) is 0 Å². The minimum atomic E-state index is 0.191. The Morgan fingerprint density at radius 2 is 1.53 bits per heavy atom. The van der Waals surface area contributed by atoms with Crippen molar-refractivity contribution in [1.82, 2.24) is 4.90 Å². The van der Waals surface area contributed by atoms with Gasteiger partial charge in [0.1, 0.15) is 0 Å². The zero-order chi connectivity index (χ0) is 12.6. The summed E-state index contributed by atoms with van der Waals surface area (Å²) in [7, 11) is 0. The molecule has 0 aliphatic carbocycles. The van der Waals surface area contributed by atoms with E-state index in [1.165, 1.54) is 13.1 Å². The van der Waals surface area contributed by atoms with Gasteiger partial charge < -0.3 is 10.5 Å². The van der Waals surface area contributed by atoms with E-state index in [0.29, 0.717) is 12.2 Å². The molecule has 0 amide bonds. The highest BCUT2D eigenvalue weighted by Crippen LogP contribution is 2.38. The SMILES string of the molecule is CC1CC(CN)(N2CC(C)C(C)C2)CC(C)O1. The van der Waals surface area contributed by atoms with Crippen LogP contribution in [0.15, 0.2) is 0 Å². The number of nitrogens with zero attached hydrogens (tertiary/aromatic N) is 1. The first-order valence-electron chi connectivity index (χ1n) is 7.07. The zero-order valence-corrected chi connectivity index (χ0v) is 11.8. The first-order valence-corrected chi connectivity index (χ1v) is 7.07. The molecule has 2 fully saturated rings. The van der Waals surface area contributed by atoms with Gasteiger partial charge >= 0.3 is 0 Å². The zero-order valence-electron chi connectivity index (χ0n) is 11.8. The van der Waals surface area contributed by atoms with E-state index in [2.05, 4.69) is 32.6 Å². The molecule has 2 aliphatic rings. The Hall–Kier alpha value is -0.120. The number of hydrogen-bond acceptors (Lipinski definition) is 3. The number of rotatable bonds is 2. The fourth-order valence-electron chi connectivity index (χ4n) is 3.72. The molecule has 2 aliphatic heterocycles. The molecule has 2 heterocycles. The first kappa shape index (κ1) is 13.3. The van der Waals surface area contributed by atoms with Crippen molar-refractivity contribution >= 4 is 0 Å². The Morgan fingerprint density at radius 1 is 1.06 bits per heavy atom. The summed E-state index contributed by atoms with van der Waals surface area (Å²) in [6.07, 6.45) is 2.86. The Bertz CT molecular complexity index is 249. The maximum atomic E-state index is 6.14. The molecule has 3 nitrogen and oxygen atoms in total. The first-order chi connectivity index (χ1) is 7.97. The van der Waals surface area contributed by atoms with Crippen molar-refractivity contribution in [2.45, 2.75) is 58.3 Å². The Labute approximate surface area is 106 Å². The molecule has 3 heteroatoms. The quantitative estimate of drug-likeness (QED) is 0.800. The molecule has 2 N–H and O–H groups in total. The molecule has 0 aromatic rings. The van der Waals surface area contributed by atoms with Crippen molar-refractivity contribution < 1.29 is 4.74 Å². The van der Waals surface area contributed by atoms with Crippen LogP contribution in [0.1, 0.15) is 40.5 Å². The van der Waals surface area contributed by atoms with Gasteiger partial charge in [0, 0.05) is 25.2 Å². The second-order valence-electron chi connectivity index (χ2n) is 6.45. The van der Waals surface area contributed by atoms with Gasteiger partial charge in [-0.05, 0) is 38.5 Å². The molecule has 0 radical (unpaired) electrons. The maximum absolute atomic E-state index is 6.14. The Balaban J connectivity index is 2.13. The number of hydrogen-bond donors (Lipinski definition) is 1. The molecule has 0 saturated carbocycles. The van der Waals surface area contributed by atoms with E-state index in [1.807, 2.05) is 0 Å². The van der Waals surface area contributed by atoms with E-state index >= 15 is 0 Å². The number of ether oxygens (including phenoxy) is 1. The molecule has 4 atom stereocenters. The minimum absolute atomic E-state index is 0.191. The molecule has 4 unspecified atom stereocenters. The predicted molar refractivity (Wildman–Crippen MR) is 70.9 cm³/mol. The van der Waals surface area contributed by atoms with E-state index in [9.17, 15) is 0 Å². The molecule has 0 aromatic carbocycles. The van der Waals surface area contributed by atoms with Gasteiger partial charge in [0.05, 0.1) is 12.2 Å². The predicted octanol–water partition coefficient (Wildman–Crippen LogP) is 1.86. The second-order valence-corrected chi connectivity index (χ2v) is 6.45. The van der Waals surface area contributed by atoms with Gasteiger partial charge in [-0.3, -0.25) is 4.90 Å². The van der Waals surface area contributed by atoms with E-state index in [0.717, 1.165) is 31.2 Å². The van der Waals surface area contributed by atoms with Crippen LogP contribution < -0.4 is 5.73 Å². The van der Waals surface area contributed by atoms with Gasteiger partial charge in [0.15, 0.2) is 0 Å². The Kier molecular flexibility index (Phi) is 3.81. The number of nitrogens with two attached hydrogens (primary N) is 1. The van der Waals surface area contributed by atoms with Crippen LogP contribution in [-0.4, -0.2) is 42.3 Å². The summed E-state index contributed by atoms with van der Waals surface area (Å²) in [5.74, 6) is 1.60. The van der Waals surface area contributed by atoms with Crippen LogP contribution in [0.4, 0.5) is 0 Å². The lowest BCUT2D eigenvalue weighted by Gasteiger charge is -2.48. The summed E-state index contributed by atoms with van der Waals surface area (Å²) in [6, 6.07) is 0. The average molecular weight is 240 g/mol. The van der Waals surface area contributed by atoms with Crippen LogP contribution in [0, 0.1) is 11.8 Å². The highest BCUT2D eigenvalue weighted by molar-refractivity contribution is 5.00. The summed E-state index contributed by atoms with van der Waals surface area (Å²) in [5, 5.41) is 0. The van der Waals surface area contributed by atoms with Crippen molar-refractivity contribution in [3.8, 4) is 0 Å². The lowest BCUT2D eigenvalue weighted by molar-refractivity contribution is -0.0992. The summed E-state index contributed by atoms with van der Waals surface area (Å²) in [5.41, 5.74) is 6.33. The normalized spacial score (nSPS) is 48.5. The third kappa shape index (κ3) is 2.51. The van der Waals surface area contributed by atoms with Crippen LogP contribution in [0.25, 0.3) is 0 Å². The molecular weight excluding hydrogens is 212 g/mol. The largest absolute Gasteiger partial charge is 0.375 e. The Morgan fingerprint density at radius 3 is 1.94 bits per heavy atom. The van der Waals surface area contributed by atoms with E-state index in [4.69, 9.17) is 10.5 Å². The van der Waals surface area contributed by atoms with Gasteiger partial charge in [0.25, 0.3) is 0 Å². The molecular formula is C14H28N2O. The van der Waals surface area contributed by atoms with Gasteiger partial charge in [-0.1, -0.05) is 13.8 Å². The second kappa shape index (κ2) is 4.87. The lowest BCUT2D eigenvalue weighted by atomic mass is 9.82. The van der Waals surface area contributed by atoms with Gasteiger partial charge in [0.2, 0.25) is 0 Å². The highest BCUT2D eigenvalue weighted by Gasteiger charge is 2.45. The van der Waals surface area contributed by atoms with Crippen LogP contribution in [-0.2, 0) is 4.74 Å². The molecule has 0 bridgehead atoms. The smallest absolute Gasteiger partial charge is 0.0568 e. The van der Waals surface area contributed by atoms with Crippen molar-refractivity contribution in [3.05, 3.63) is 0 Å². The topological polar surface area (TPSA) is 38.5 Å². The van der Waals surface area contributed by atoms with Crippen molar-refractivity contribution in [3.63, 3.8) is 0 Å². The van der Waals surface area contributed by atoms with Gasteiger partial charge in [-0.2, -0.15) is 0 Å². The molecule has 100 valence electrons. The number of likely N-dealkylation sites (tertiary alicyclic amines) is 1. The van der Waals surface area contributed by atoms with Crippen molar-refractivity contribution in [2.24, 2.45) is 17.6 Å². The minimum Gasteiger partial charge on any atom is -0.375 e. The molecule has 2 saturated heterocycles. The molecule has 2 rings (SSSR count). The van der Waals surface area contributed by atoms with Crippen molar-refractivity contribution in [1.29, 1.82) is 0 Å². The molecule has 17 heavy (non-hydrogen) atoms. The fraction of sp³-hybridized carbons (Fsp3) is 1.00. The van der Waals surface area contributed by atoms with Crippen LogP contribution in [0.2, 0.25) is 0 Å². The van der Waals surface area contributed by atoms with Crippen molar-refractivity contribution in [2.75, 3.05) is 19.6 Å². The van der Waals surface area contributed by atoms with Gasteiger partial charge in [-0.25, -0.2) is 0 Å². The third-order valence-electron chi connectivity index (χ3n) is 4.84. The lowest BCUT2D eigenvalue weighted by Crippen LogP contribution is -2.59. The monoisotopic (exact) mass is 240 g/mol.